The van der Waals surface area contributed by atoms with Gasteiger partial charge in [-0.15, -0.1) is 0 Å². The summed E-state index contributed by atoms with van der Waals surface area (Å²) < 4.78 is 0. The molecule has 0 aromatic carbocycles. The van der Waals surface area contributed by atoms with Gasteiger partial charge in [-0.25, -0.2) is 0 Å². The van der Waals surface area contributed by atoms with Gasteiger partial charge in [-0.1, -0.05) is 32.8 Å². The molecule has 2 atom stereocenters. The Kier molecular flexibility index (Phi) is 5.72. The van der Waals surface area contributed by atoms with Gasteiger partial charge in [0.15, 0.2) is 0 Å². The fourth-order valence-electron chi connectivity index (χ4n) is 2.81. The van der Waals surface area contributed by atoms with Gasteiger partial charge in [0, 0.05) is 24.8 Å². The largest absolute Gasteiger partial charge is 0.265 e. The summed E-state index contributed by atoms with van der Waals surface area (Å²) in [4.78, 5) is 8.35. The quantitative estimate of drug-likeness (QED) is 0.747. The van der Waals surface area contributed by atoms with E-state index in [1.165, 1.54) is 24.0 Å². The van der Waals surface area contributed by atoms with Crippen LogP contribution in [0, 0.1) is 11.8 Å². The Morgan fingerprint density at radius 1 is 0.950 bits per heavy atom. The fourth-order valence-corrected chi connectivity index (χ4v) is 2.81. The molecule has 2 rings (SSSR count). The van der Waals surface area contributed by atoms with Gasteiger partial charge >= 0.3 is 0 Å². The summed E-state index contributed by atoms with van der Waals surface area (Å²) in [5.41, 5.74) is 2.73. The van der Waals surface area contributed by atoms with Gasteiger partial charge in [0.2, 0.25) is 0 Å². The van der Waals surface area contributed by atoms with Gasteiger partial charge in [-0.2, -0.15) is 0 Å². The predicted octanol–water partition coefficient (Wildman–Crippen LogP) is 4.31. The highest BCUT2D eigenvalue weighted by Gasteiger charge is 2.18. The fraction of sp³-hybridized carbons (Fsp3) is 0.444. The standard InChI is InChI=1S/C18H24N2/c1-3-5-15(2)18(12-16-7-10-19-11-8-16)13-17-6-4-9-20-14-17/h4,6-11,14-15,18H,3,5,12-13H2,1-2H3. The Labute approximate surface area is 122 Å². The zero-order chi connectivity index (χ0) is 14.2. The number of aromatic nitrogens is 2. The molecule has 2 aromatic rings. The van der Waals surface area contributed by atoms with Crippen molar-refractivity contribution >= 4 is 0 Å². The van der Waals surface area contributed by atoms with Gasteiger partial charge in [0.1, 0.15) is 0 Å². The third-order valence-corrected chi connectivity index (χ3v) is 4.02. The average Bonchev–Trinajstić information content (AvgIpc) is 2.49. The van der Waals surface area contributed by atoms with Crippen LogP contribution in [0.5, 0.6) is 0 Å². The topological polar surface area (TPSA) is 25.8 Å². The van der Waals surface area contributed by atoms with Gasteiger partial charge in [-0.05, 0) is 54.0 Å². The minimum atomic E-state index is 0.668. The smallest absolute Gasteiger partial charge is 0.0299 e. The summed E-state index contributed by atoms with van der Waals surface area (Å²) in [5.74, 6) is 1.40. The molecule has 0 aliphatic heterocycles. The molecule has 0 amide bonds. The molecular formula is C18H24N2. The van der Waals surface area contributed by atoms with Crippen molar-refractivity contribution in [2.45, 2.75) is 39.5 Å². The van der Waals surface area contributed by atoms with E-state index in [4.69, 9.17) is 0 Å². The van der Waals surface area contributed by atoms with Crippen LogP contribution < -0.4 is 0 Å². The molecule has 2 heterocycles. The minimum Gasteiger partial charge on any atom is -0.265 e. The molecule has 2 unspecified atom stereocenters. The number of rotatable bonds is 7. The van der Waals surface area contributed by atoms with E-state index < -0.39 is 0 Å². The molecule has 106 valence electrons. The van der Waals surface area contributed by atoms with E-state index in [9.17, 15) is 0 Å². The molecule has 0 fully saturated rings. The molecule has 0 spiro atoms. The summed E-state index contributed by atoms with van der Waals surface area (Å²) in [7, 11) is 0. The van der Waals surface area contributed by atoms with E-state index in [-0.39, 0.29) is 0 Å². The third kappa shape index (κ3) is 4.44. The van der Waals surface area contributed by atoms with E-state index in [0.29, 0.717) is 5.92 Å². The van der Waals surface area contributed by atoms with Crippen LogP contribution in [-0.4, -0.2) is 9.97 Å². The molecule has 0 N–H and O–H groups in total. The average molecular weight is 268 g/mol. The second-order valence-electron chi connectivity index (χ2n) is 5.65. The molecule has 2 aromatic heterocycles. The maximum absolute atomic E-state index is 4.24. The van der Waals surface area contributed by atoms with E-state index in [2.05, 4.69) is 42.0 Å². The van der Waals surface area contributed by atoms with Crippen molar-refractivity contribution in [3.05, 3.63) is 60.2 Å². The van der Waals surface area contributed by atoms with Gasteiger partial charge in [0.25, 0.3) is 0 Å². The molecule has 0 radical (unpaired) electrons. The number of nitrogens with zero attached hydrogens (tertiary/aromatic N) is 2. The van der Waals surface area contributed by atoms with E-state index in [0.717, 1.165) is 18.8 Å². The highest BCUT2D eigenvalue weighted by molar-refractivity contribution is 5.14. The normalized spacial score (nSPS) is 13.9. The number of hydrogen-bond acceptors (Lipinski definition) is 2. The van der Waals surface area contributed by atoms with Crippen LogP contribution in [0.4, 0.5) is 0 Å². The molecule has 0 aliphatic carbocycles. The van der Waals surface area contributed by atoms with Crippen molar-refractivity contribution < 1.29 is 0 Å². The lowest BCUT2D eigenvalue weighted by Gasteiger charge is -2.24. The van der Waals surface area contributed by atoms with E-state index in [1.807, 2.05) is 30.9 Å². The molecule has 0 aliphatic rings. The maximum atomic E-state index is 4.24. The molecule has 0 saturated heterocycles. The van der Waals surface area contributed by atoms with Crippen molar-refractivity contribution in [2.75, 3.05) is 0 Å². The lowest BCUT2D eigenvalue weighted by molar-refractivity contribution is 0.330. The van der Waals surface area contributed by atoms with Crippen LogP contribution in [0.2, 0.25) is 0 Å². The Bertz CT molecular complexity index is 440. The maximum Gasteiger partial charge on any atom is 0.0299 e. The molecule has 0 saturated carbocycles. The summed E-state index contributed by atoms with van der Waals surface area (Å²) in [6.07, 6.45) is 12.4. The zero-order valence-corrected chi connectivity index (χ0v) is 12.5. The van der Waals surface area contributed by atoms with Crippen LogP contribution in [0.25, 0.3) is 0 Å². The predicted molar refractivity (Wildman–Crippen MR) is 83.4 cm³/mol. The van der Waals surface area contributed by atoms with Crippen molar-refractivity contribution in [2.24, 2.45) is 11.8 Å². The first kappa shape index (κ1) is 14.7. The van der Waals surface area contributed by atoms with Crippen LogP contribution in [0.3, 0.4) is 0 Å². The van der Waals surface area contributed by atoms with Crippen molar-refractivity contribution in [3.8, 4) is 0 Å². The monoisotopic (exact) mass is 268 g/mol. The first-order valence-electron chi connectivity index (χ1n) is 7.57. The Hall–Kier alpha value is -1.70. The summed E-state index contributed by atoms with van der Waals surface area (Å²) in [6.45, 7) is 4.65. The zero-order valence-electron chi connectivity index (χ0n) is 12.5. The van der Waals surface area contributed by atoms with Crippen molar-refractivity contribution in [3.63, 3.8) is 0 Å². The van der Waals surface area contributed by atoms with Crippen LogP contribution in [0.1, 0.15) is 37.8 Å². The molecule has 20 heavy (non-hydrogen) atoms. The number of hydrogen-bond donors (Lipinski definition) is 0. The third-order valence-electron chi connectivity index (χ3n) is 4.02. The van der Waals surface area contributed by atoms with E-state index >= 15 is 0 Å². The van der Waals surface area contributed by atoms with Gasteiger partial charge in [-0.3, -0.25) is 9.97 Å². The summed E-state index contributed by atoms with van der Waals surface area (Å²) in [5, 5.41) is 0. The summed E-state index contributed by atoms with van der Waals surface area (Å²) in [6, 6.07) is 8.48. The lowest BCUT2D eigenvalue weighted by atomic mass is 9.81. The van der Waals surface area contributed by atoms with Crippen LogP contribution in [0.15, 0.2) is 49.1 Å². The first-order chi connectivity index (χ1) is 9.79. The Balaban J connectivity index is 2.08. The van der Waals surface area contributed by atoms with E-state index in [1.54, 1.807) is 0 Å². The minimum absolute atomic E-state index is 0.668. The molecule has 2 heteroatoms. The van der Waals surface area contributed by atoms with Crippen molar-refractivity contribution in [1.82, 2.24) is 9.97 Å². The number of pyridine rings is 2. The first-order valence-corrected chi connectivity index (χ1v) is 7.57. The molecular weight excluding hydrogens is 244 g/mol. The lowest BCUT2D eigenvalue weighted by Crippen LogP contribution is -2.17. The SMILES string of the molecule is CCCC(C)C(Cc1ccncc1)Cc1cccnc1. The Morgan fingerprint density at radius 2 is 1.70 bits per heavy atom. The molecule has 2 nitrogen and oxygen atoms in total. The second-order valence-corrected chi connectivity index (χ2v) is 5.65. The molecule has 0 bridgehead atoms. The van der Waals surface area contributed by atoms with Crippen LogP contribution >= 0.6 is 0 Å². The Morgan fingerprint density at radius 3 is 2.35 bits per heavy atom. The van der Waals surface area contributed by atoms with Gasteiger partial charge < -0.3 is 0 Å². The second kappa shape index (κ2) is 7.78. The highest BCUT2D eigenvalue weighted by Crippen LogP contribution is 2.25. The van der Waals surface area contributed by atoms with Gasteiger partial charge in [0.05, 0.1) is 0 Å². The van der Waals surface area contributed by atoms with Crippen molar-refractivity contribution in [1.29, 1.82) is 0 Å². The highest BCUT2D eigenvalue weighted by atomic mass is 14.6. The van der Waals surface area contributed by atoms with Crippen LogP contribution in [-0.2, 0) is 12.8 Å². The summed E-state index contributed by atoms with van der Waals surface area (Å²) >= 11 is 0.